The van der Waals surface area contributed by atoms with Crippen molar-refractivity contribution in [1.29, 1.82) is 0 Å². The summed E-state index contributed by atoms with van der Waals surface area (Å²) < 4.78 is 2.29. The minimum atomic E-state index is 0.101. The molecule has 3 aliphatic carbocycles. The number of hydrogen-bond donors (Lipinski definition) is 0. The molecule has 0 N–H and O–H groups in total. The highest BCUT2D eigenvalue weighted by molar-refractivity contribution is 8.00. The van der Waals surface area contributed by atoms with Gasteiger partial charge in [-0.1, -0.05) is 103 Å². The van der Waals surface area contributed by atoms with E-state index in [4.69, 9.17) is 15.0 Å². The molecular formula is C41H30N4S. The summed E-state index contributed by atoms with van der Waals surface area (Å²) in [6.45, 7) is 0. The minimum absolute atomic E-state index is 0.101. The molecule has 6 aromatic rings. The summed E-state index contributed by atoms with van der Waals surface area (Å²) >= 11 is 2.02. The highest BCUT2D eigenvalue weighted by atomic mass is 32.2. The normalized spacial score (nSPS) is 21.3. The summed E-state index contributed by atoms with van der Waals surface area (Å²) in [5, 5.41) is 5.35. The van der Waals surface area contributed by atoms with E-state index in [0.29, 0.717) is 22.9 Å². The van der Waals surface area contributed by atoms with Gasteiger partial charge in [-0.25, -0.2) is 4.98 Å². The lowest BCUT2D eigenvalue weighted by Gasteiger charge is -2.26. The van der Waals surface area contributed by atoms with E-state index in [1.54, 1.807) is 0 Å². The van der Waals surface area contributed by atoms with Crippen LogP contribution in [-0.4, -0.2) is 24.8 Å². The van der Waals surface area contributed by atoms with E-state index in [1.165, 1.54) is 43.2 Å². The van der Waals surface area contributed by atoms with Crippen molar-refractivity contribution in [2.45, 2.75) is 41.2 Å². The molecular weight excluding hydrogens is 581 g/mol. The predicted octanol–water partition coefficient (Wildman–Crippen LogP) is 10.2. The third-order valence-corrected chi connectivity index (χ3v) is 11.4. The number of rotatable bonds is 3. The van der Waals surface area contributed by atoms with Crippen LogP contribution in [0.1, 0.15) is 42.5 Å². The Morgan fingerprint density at radius 1 is 0.739 bits per heavy atom. The van der Waals surface area contributed by atoms with Gasteiger partial charge >= 0.3 is 0 Å². The maximum atomic E-state index is 5.25. The molecule has 0 saturated heterocycles. The summed E-state index contributed by atoms with van der Waals surface area (Å²) in [6.07, 6.45) is 21.3. The molecule has 0 spiro atoms. The second-order valence-electron chi connectivity index (χ2n) is 12.6. The summed E-state index contributed by atoms with van der Waals surface area (Å²) in [7, 11) is 0. The summed E-state index contributed by atoms with van der Waals surface area (Å²) in [5.74, 6) is 2.65. The van der Waals surface area contributed by atoms with Crippen molar-refractivity contribution in [3.63, 3.8) is 0 Å². The largest absolute Gasteiger partial charge is 0.278 e. The lowest BCUT2D eigenvalue weighted by atomic mass is 9.81. The predicted molar refractivity (Wildman–Crippen MR) is 190 cm³/mol. The average molecular weight is 611 g/mol. The van der Waals surface area contributed by atoms with Crippen LogP contribution in [0.25, 0.3) is 49.9 Å². The molecule has 5 heteroatoms. The zero-order chi connectivity index (χ0) is 30.2. The Morgan fingerprint density at radius 2 is 1.57 bits per heavy atom. The fourth-order valence-electron chi connectivity index (χ4n) is 7.67. The summed E-state index contributed by atoms with van der Waals surface area (Å²) in [5.41, 5.74) is 7.69. The fourth-order valence-corrected chi connectivity index (χ4v) is 9.20. The van der Waals surface area contributed by atoms with Crippen molar-refractivity contribution in [3.05, 3.63) is 150 Å². The first-order valence-corrected chi connectivity index (χ1v) is 17.1. The van der Waals surface area contributed by atoms with E-state index in [-0.39, 0.29) is 5.92 Å². The first-order chi connectivity index (χ1) is 22.8. The van der Waals surface area contributed by atoms with Crippen molar-refractivity contribution in [3.8, 4) is 17.3 Å². The lowest BCUT2D eigenvalue weighted by Crippen LogP contribution is -2.16. The summed E-state index contributed by atoms with van der Waals surface area (Å²) in [6, 6.07) is 28.5. The van der Waals surface area contributed by atoms with E-state index in [9.17, 15) is 0 Å². The number of hydrogen-bond acceptors (Lipinski definition) is 4. The van der Waals surface area contributed by atoms with Gasteiger partial charge in [-0.2, -0.15) is 9.97 Å². The topological polar surface area (TPSA) is 43.6 Å². The highest BCUT2D eigenvalue weighted by Gasteiger charge is 2.37. The zero-order valence-electron chi connectivity index (χ0n) is 25.2. The van der Waals surface area contributed by atoms with Gasteiger partial charge in [0.05, 0.1) is 11.0 Å². The van der Waals surface area contributed by atoms with E-state index in [1.807, 2.05) is 30.0 Å². The maximum Gasteiger partial charge on any atom is 0.238 e. The number of thioether (sulfide) groups is 1. The Balaban J connectivity index is 1.24. The molecule has 4 aliphatic rings. The maximum absolute atomic E-state index is 5.25. The molecule has 46 heavy (non-hydrogen) atoms. The van der Waals surface area contributed by atoms with Gasteiger partial charge in [-0.05, 0) is 71.0 Å². The molecule has 4 nitrogen and oxygen atoms in total. The monoisotopic (exact) mass is 610 g/mol. The van der Waals surface area contributed by atoms with Crippen molar-refractivity contribution in [2.24, 2.45) is 0 Å². The first-order valence-electron chi connectivity index (χ1n) is 16.2. The number of fused-ring (bicyclic) bond motifs is 8. The van der Waals surface area contributed by atoms with Gasteiger partial charge in [-0.15, -0.1) is 11.8 Å². The van der Waals surface area contributed by atoms with Crippen LogP contribution < -0.4 is 0 Å². The summed E-state index contributed by atoms with van der Waals surface area (Å²) in [4.78, 5) is 16.9. The fraction of sp³-hybridized carbons (Fsp3) is 0.146. The zero-order valence-corrected chi connectivity index (χ0v) is 26.0. The van der Waals surface area contributed by atoms with Crippen LogP contribution in [0.4, 0.5) is 0 Å². The third-order valence-electron chi connectivity index (χ3n) is 9.95. The van der Waals surface area contributed by atoms with E-state index in [2.05, 4.69) is 114 Å². The number of benzene rings is 4. The minimum Gasteiger partial charge on any atom is -0.278 e. The van der Waals surface area contributed by atoms with Crippen LogP contribution in [0.3, 0.4) is 0 Å². The van der Waals surface area contributed by atoms with Gasteiger partial charge in [0.15, 0.2) is 5.82 Å². The van der Waals surface area contributed by atoms with E-state index in [0.717, 1.165) is 41.7 Å². The molecule has 3 unspecified atom stereocenters. The molecule has 0 radical (unpaired) electrons. The molecule has 0 bridgehead atoms. The molecule has 4 aromatic carbocycles. The molecule has 3 heterocycles. The molecule has 0 amide bonds. The number of nitrogens with zero attached hydrogens (tertiary/aromatic N) is 4. The average Bonchev–Trinajstić information content (AvgIpc) is 3.64. The van der Waals surface area contributed by atoms with Crippen LogP contribution in [0.2, 0.25) is 0 Å². The molecule has 220 valence electrons. The van der Waals surface area contributed by atoms with Gasteiger partial charge in [0, 0.05) is 38.3 Å². The van der Waals surface area contributed by atoms with Gasteiger partial charge < -0.3 is 0 Å². The van der Waals surface area contributed by atoms with Crippen molar-refractivity contribution in [1.82, 2.24) is 19.5 Å². The Bertz CT molecular complexity index is 2390. The molecule has 0 saturated carbocycles. The number of allylic oxidation sites excluding steroid dienone is 9. The Kier molecular flexibility index (Phi) is 5.85. The van der Waals surface area contributed by atoms with E-state index < -0.39 is 0 Å². The molecule has 2 aromatic heterocycles. The first kappa shape index (κ1) is 26.2. The van der Waals surface area contributed by atoms with Gasteiger partial charge in [-0.3, -0.25) is 4.57 Å². The van der Waals surface area contributed by atoms with Gasteiger partial charge in [0.1, 0.15) is 5.82 Å². The molecule has 10 rings (SSSR count). The van der Waals surface area contributed by atoms with Crippen LogP contribution in [0, 0.1) is 0 Å². The Labute approximate surface area is 271 Å². The second-order valence-corrected chi connectivity index (χ2v) is 13.8. The standard InChI is InChI=1S/C41H30N4S/c1-3-12-26(13-4-1)39-42-40(27-14-5-2-6-15-27)44-41(43-39)45-35-22-29-17-8-7-16-28(29)21-32(35)33-23-34-31-20-19-25-11-9-10-18-30(25)38(31)46-37(34)24-36(33)45/h1-8,10,12-14,16-24,27,31,38H,9,11,15H2. The van der Waals surface area contributed by atoms with Crippen LogP contribution in [0.5, 0.6) is 0 Å². The molecule has 3 atom stereocenters. The second kappa shape index (κ2) is 10.3. The van der Waals surface area contributed by atoms with Crippen molar-refractivity contribution in [2.75, 3.05) is 0 Å². The smallest absolute Gasteiger partial charge is 0.238 e. The van der Waals surface area contributed by atoms with Crippen LogP contribution in [-0.2, 0) is 0 Å². The lowest BCUT2D eigenvalue weighted by molar-refractivity contribution is 0.750. The quantitative estimate of drug-likeness (QED) is 0.200. The van der Waals surface area contributed by atoms with Gasteiger partial charge in [0.2, 0.25) is 5.95 Å². The Hall–Kier alpha value is -5.00. The van der Waals surface area contributed by atoms with Crippen LogP contribution >= 0.6 is 11.8 Å². The number of aromatic nitrogens is 4. The highest BCUT2D eigenvalue weighted by Crippen LogP contribution is 2.54. The van der Waals surface area contributed by atoms with Gasteiger partial charge in [0.25, 0.3) is 0 Å². The molecule has 0 fully saturated rings. The van der Waals surface area contributed by atoms with Crippen LogP contribution in [0.15, 0.2) is 144 Å². The third kappa shape index (κ3) is 4.04. The molecule has 1 aliphatic heterocycles. The van der Waals surface area contributed by atoms with Crippen molar-refractivity contribution >= 4 is 44.3 Å². The Morgan fingerprint density at radius 3 is 2.43 bits per heavy atom. The SMILES string of the molecule is C1=CCC(c2nc(-c3ccccc3)nc(-n3c4cc5c(cc4c4cc6ccccc6cc43)C3C=CC4=C(C=CCC4)C3S5)n2)C=C1. The van der Waals surface area contributed by atoms with E-state index >= 15 is 0 Å². The van der Waals surface area contributed by atoms with Crippen molar-refractivity contribution < 1.29 is 0 Å².